The van der Waals surface area contributed by atoms with Crippen molar-refractivity contribution in [1.29, 1.82) is 0 Å². The van der Waals surface area contributed by atoms with Gasteiger partial charge >= 0.3 is 12.2 Å². The van der Waals surface area contributed by atoms with Gasteiger partial charge in [-0.25, -0.2) is 28.9 Å². The molecule has 0 atom stereocenters. The molecule has 3 amide bonds. The average molecular weight is 685 g/mol. The van der Waals surface area contributed by atoms with Gasteiger partial charge in [0.05, 0.1) is 27.0 Å². The summed E-state index contributed by atoms with van der Waals surface area (Å²) in [7, 11) is 0. The second kappa shape index (κ2) is 14.8. The van der Waals surface area contributed by atoms with Crippen molar-refractivity contribution in [2.45, 2.75) is 58.0 Å². The molecule has 11 nitrogen and oxygen atoms in total. The molecule has 47 heavy (non-hydrogen) atoms. The summed E-state index contributed by atoms with van der Waals surface area (Å²) in [5.41, 5.74) is 0.434. The molecule has 2 saturated heterocycles. The lowest BCUT2D eigenvalue weighted by atomic mass is 9.92. The van der Waals surface area contributed by atoms with Crippen LogP contribution in [0.2, 0.25) is 5.28 Å². The number of amides is 3. The van der Waals surface area contributed by atoms with Gasteiger partial charge in [-0.3, -0.25) is 10.1 Å². The number of nitrogens with zero attached hydrogens (tertiary/aromatic N) is 5. The van der Waals surface area contributed by atoms with Crippen molar-refractivity contribution in [3.8, 4) is 21.8 Å². The van der Waals surface area contributed by atoms with Crippen molar-refractivity contribution in [2.24, 2.45) is 5.92 Å². The van der Waals surface area contributed by atoms with Gasteiger partial charge in [0.2, 0.25) is 11.2 Å². The van der Waals surface area contributed by atoms with Gasteiger partial charge in [0, 0.05) is 49.8 Å². The third-order valence-electron chi connectivity index (χ3n) is 7.98. The Labute approximate surface area is 282 Å². The number of halogens is 2. The summed E-state index contributed by atoms with van der Waals surface area (Å²) in [6.07, 6.45) is 4.38. The molecule has 1 aromatic carbocycles. The minimum atomic E-state index is -0.808. The zero-order valence-electron chi connectivity index (χ0n) is 26.6. The molecule has 0 aliphatic carbocycles. The number of piperidine rings is 2. The monoisotopic (exact) mass is 684 g/mol. The summed E-state index contributed by atoms with van der Waals surface area (Å²) >= 11 is 7.52. The SMILES string of the molecule is C=CCOC(=O)Nc1cccc(-c2nc(C3CCN(C(=O)C4CCN(C(=O)OC(C)(C)C)CC4)CC3)sc2-c2ccnc(Cl)n2)c1F. The minimum absolute atomic E-state index is 0.0149. The Hall–Kier alpha value is -4.10. The highest BCUT2D eigenvalue weighted by molar-refractivity contribution is 7.15. The average Bonchev–Trinajstić information content (AvgIpc) is 3.49. The molecule has 14 heteroatoms. The van der Waals surface area contributed by atoms with Crippen LogP contribution in [-0.4, -0.2) is 81.2 Å². The van der Waals surface area contributed by atoms with Crippen molar-refractivity contribution < 1.29 is 28.2 Å². The highest BCUT2D eigenvalue weighted by Gasteiger charge is 2.35. The van der Waals surface area contributed by atoms with Gasteiger partial charge in [0.15, 0.2) is 5.82 Å². The van der Waals surface area contributed by atoms with Crippen molar-refractivity contribution >= 4 is 46.7 Å². The fraction of sp³-hybridized carbons (Fsp3) is 0.455. The van der Waals surface area contributed by atoms with Crippen molar-refractivity contribution in [3.63, 3.8) is 0 Å². The van der Waals surface area contributed by atoms with Crippen LogP contribution in [0.5, 0.6) is 0 Å². The van der Waals surface area contributed by atoms with Gasteiger partial charge in [0.1, 0.15) is 12.2 Å². The Morgan fingerprint density at radius 1 is 1.09 bits per heavy atom. The predicted octanol–water partition coefficient (Wildman–Crippen LogP) is 7.15. The lowest BCUT2D eigenvalue weighted by Crippen LogP contribution is -2.47. The van der Waals surface area contributed by atoms with Crippen molar-refractivity contribution in [2.75, 3.05) is 38.1 Å². The Balaban J connectivity index is 1.30. The maximum absolute atomic E-state index is 15.9. The van der Waals surface area contributed by atoms with E-state index in [9.17, 15) is 14.4 Å². The fourth-order valence-electron chi connectivity index (χ4n) is 5.66. The molecule has 0 bridgehead atoms. The highest BCUT2D eigenvalue weighted by Crippen LogP contribution is 2.43. The standard InChI is InChI=1S/C33H38ClFN6O5S/c1-5-19-45-31(43)38-23-8-6-7-22(25(23)35)26-27(24-9-14-36-30(34)37-24)47-28(39-26)20-10-15-40(16-11-20)29(42)21-12-17-41(18-13-21)32(44)46-33(2,3)4/h5-9,14,20-21H,1,10-13,15-19H2,2-4H3,(H,38,43). The van der Waals surface area contributed by atoms with Crippen LogP contribution in [0.3, 0.4) is 0 Å². The first-order valence-corrected chi connectivity index (χ1v) is 16.7. The summed E-state index contributed by atoms with van der Waals surface area (Å²) < 4.78 is 26.3. The maximum Gasteiger partial charge on any atom is 0.412 e. The summed E-state index contributed by atoms with van der Waals surface area (Å²) in [6.45, 7) is 11.1. The normalized spacial score (nSPS) is 16.1. The zero-order chi connectivity index (χ0) is 33.7. The second-order valence-electron chi connectivity index (χ2n) is 12.5. The van der Waals surface area contributed by atoms with E-state index in [0.29, 0.717) is 68.1 Å². The van der Waals surface area contributed by atoms with Crippen LogP contribution < -0.4 is 5.32 Å². The van der Waals surface area contributed by atoms with E-state index in [0.717, 1.165) is 5.01 Å². The summed E-state index contributed by atoms with van der Waals surface area (Å²) in [4.78, 5) is 55.5. The molecule has 3 aromatic rings. The molecule has 0 unspecified atom stereocenters. The summed E-state index contributed by atoms with van der Waals surface area (Å²) in [6, 6.07) is 6.35. The molecule has 0 spiro atoms. The van der Waals surface area contributed by atoms with Crippen LogP contribution in [-0.2, 0) is 14.3 Å². The van der Waals surface area contributed by atoms with E-state index in [1.807, 2.05) is 25.7 Å². The number of nitrogens with one attached hydrogen (secondary N) is 1. The number of carbonyl (C=O) groups is 3. The molecule has 0 saturated carbocycles. The van der Waals surface area contributed by atoms with E-state index < -0.39 is 17.5 Å². The third kappa shape index (κ3) is 8.44. The van der Waals surface area contributed by atoms with E-state index in [2.05, 4.69) is 21.9 Å². The van der Waals surface area contributed by atoms with Crippen LogP contribution in [0, 0.1) is 11.7 Å². The number of likely N-dealkylation sites (tertiary alicyclic amines) is 2. The summed E-state index contributed by atoms with van der Waals surface area (Å²) in [5.74, 6) is -0.647. The number of ether oxygens (including phenoxy) is 2. The fourth-order valence-corrected chi connectivity index (χ4v) is 7.03. The van der Waals surface area contributed by atoms with E-state index in [1.54, 1.807) is 23.1 Å². The van der Waals surface area contributed by atoms with Gasteiger partial charge in [-0.1, -0.05) is 18.7 Å². The first kappa shape index (κ1) is 34.2. The van der Waals surface area contributed by atoms with Crippen molar-refractivity contribution in [1.82, 2.24) is 24.8 Å². The first-order valence-electron chi connectivity index (χ1n) is 15.5. The van der Waals surface area contributed by atoms with Crippen LogP contribution >= 0.6 is 22.9 Å². The lowest BCUT2D eigenvalue weighted by molar-refractivity contribution is -0.138. The molecule has 2 fully saturated rings. The van der Waals surface area contributed by atoms with Crippen LogP contribution in [0.1, 0.15) is 57.4 Å². The van der Waals surface area contributed by atoms with Gasteiger partial charge in [0.25, 0.3) is 0 Å². The highest BCUT2D eigenvalue weighted by atomic mass is 35.5. The summed E-state index contributed by atoms with van der Waals surface area (Å²) in [5, 5.41) is 3.28. The number of aromatic nitrogens is 3. The Bertz CT molecular complexity index is 1630. The second-order valence-corrected chi connectivity index (χ2v) is 13.8. The van der Waals surface area contributed by atoms with Crippen LogP contribution in [0.25, 0.3) is 21.8 Å². The zero-order valence-corrected chi connectivity index (χ0v) is 28.2. The van der Waals surface area contributed by atoms with E-state index in [4.69, 9.17) is 26.1 Å². The van der Waals surface area contributed by atoms with Gasteiger partial charge < -0.3 is 19.3 Å². The predicted molar refractivity (Wildman–Crippen MR) is 178 cm³/mol. The molecule has 4 heterocycles. The quantitative estimate of drug-likeness (QED) is 0.205. The number of hydrogen-bond acceptors (Lipinski definition) is 9. The Morgan fingerprint density at radius 2 is 1.79 bits per heavy atom. The molecule has 0 radical (unpaired) electrons. The van der Waals surface area contributed by atoms with Gasteiger partial charge in [-0.05, 0) is 76.3 Å². The van der Waals surface area contributed by atoms with E-state index >= 15 is 4.39 Å². The maximum atomic E-state index is 15.9. The Kier molecular flexibility index (Phi) is 10.8. The van der Waals surface area contributed by atoms with Gasteiger partial charge in [-0.2, -0.15) is 0 Å². The third-order valence-corrected chi connectivity index (χ3v) is 9.40. The minimum Gasteiger partial charge on any atom is -0.445 e. The number of anilines is 1. The van der Waals surface area contributed by atoms with Crippen LogP contribution in [0.4, 0.5) is 19.7 Å². The molecular weight excluding hydrogens is 647 g/mol. The lowest BCUT2D eigenvalue weighted by Gasteiger charge is -2.37. The molecule has 2 aliphatic heterocycles. The Morgan fingerprint density at radius 3 is 2.45 bits per heavy atom. The first-order chi connectivity index (χ1) is 22.4. The molecule has 250 valence electrons. The number of benzene rings is 1. The number of rotatable bonds is 7. The van der Waals surface area contributed by atoms with Crippen molar-refractivity contribution in [3.05, 3.63) is 59.2 Å². The smallest absolute Gasteiger partial charge is 0.412 e. The largest absolute Gasteiger partial charge is 0.445 e. The molecule has 2 aromatic heterocycles. The number of hydrogen-bond donors (Lipinski definition) is 1. The topological polar surface area (TPSA) is 127 Å². The molecule has 1 N–H and O–H groups in total. The molecule has 5 rings (SSSR count). The van der Waals surface area contributed by atoms with E-state index in [1.165, 1.54) is 29.7 Å². The van der Waals surface area contributed by atoms with Gasteiger partial charge in [-0.15, -0.1) is 11.3 Å². The van der Waals surface area contributed by atoms with E-state index in [-0.39, 0.29) is 47.0 Å². The molecule has 2 aliphatic rings. The molecular formula is C33H38ClFN6O5S. The van der Waals surface area contributed by atoms with Crippen LogP contribution in [0.15, 0.2) is 43.1 Å². The number of thiazole rings is 1. The number of carbonyl (C=O) groups excluding carboxylic acids is 3.